The Morgan fingerprint density at radius 1 is 1.12 bits per heavy atom. The molecule has 2 unspecified atom stereocenters. The minimum Gasteiger partial charge on any atom is -0.466 e. The first-order chi connectivity index (χ1) is 16.7. The Morgan fingerprint density at radius 2 is 1.97 bits per heavy atom. The van der Waals surface area contributed by atoms with E-state index in [9.17, 15) is 4.79 Å². The number of anilines is 1. The average Bonchev–Trinajstić information content (AvgIpc) is 2.90. The molecule has 2 aliphatic heterocycles. The number of aryl methyl sites for hydroxylation is 1. The monoisotopic (exact) mass is 460 g/mol. The first kappa shape index (κ1) is 23.0. The van der Waals surface area contributed by atoms with Gasteiger partial charge in [0.2, 0.25) is 5.91 Å². The Kier molecular flexibility index (Phi) is 7.19. The number of hydrogen-bond donors (Lipinski definition) is 0. The third-order valence-corrected chi connectivity index (χ3v) is 7.68. The van der Waals surface area contributed by atoms with Crippen LogP contribution >= 0.6 is 0 Å². The molecule has 180 valence electrons. The van der Waals surface area contributed by atoms with Crippen molar-refractivity contribution in [2.45, 2.75) is 69.9 Å². The van der Waals surface area contributed by atoms with Crippen molar-refractivity contribution in [2.24, 2.45) is 5.92 Å². The fourth-order valence-electron chi connectivity index (χ4n) is 5.99. The molecule has 1 saturated carbocycles. The van der Waals surface area contributed by atoms with Crippen LogP contribution in [0.25, 0.3) is 0 Å². The van der Waals surface area contributed by atoms with Gasteiger partial charge in [-0.25, -0.2) is 0 Å². The van der Waals surface area contributed by atoms with Crippen LogP contribution in [-0.2, 0) is 20.7 Å². The molecule has 1 fully saturated rings. The summed E-state index contributed by atoms with van der Waals surface area (Å²) in [6.07, 6.45) is 21.0. The molecule has 5 nitrogen and oxygen atoms in total. The van der Waals surface area contributed by atoms with Crippen molar-refractivity contribution >= 4 is 11.6 Å². The van der Waals surface area contributed by atoms with Gasteiger partial charge in [-0.1, -0.05) is 55.7 Å². The molecule has 1 aromatic rings. The number of allylic oxidation sites excluding steroid dienone is 3. The summed E-state index contributed by atoms with van der Waals surface area (Å²) in [5, 5.41) is 0. The second-order valence-electron chi connectivity index (χ2n) is 9.96. The first-order valence-corrected chi connectivity index (χ1v) is 12.9. The van der Waals surface area contributed by atoms with E-state index in [-0.39, 0.29) is 18.0 Å². The minimum absolute atomic E-state index is 0.0151. The van der Waals surface area contributed by atoms with Gasteiger partial charge < -0.3 is 14.4 Å². The molecule has 2 heterocycles. The zero-order valence-corrected chi connectivity index (χ0v) is 20.2. The van der Waals surface area contributed by atoms with Crippen LogP contribution in [0.5, 0.6) is 0 Å². The highest BCUT2D eigenvalue weighted by Crippen LogP contribution is 2.36. The standard InChI is InChI=1S/C29H36N2O3/c1-30(28(23-11-4-2-5-12-23)27-21-33-18-19-34-27)20-25-17-16-22-10-8-9-15-26(22)31(25)29(32)24-13-6-3-7-14-24/h2,4,8-11,15,18-19,21,24-25,28H,3,5-7,12-14,16-17,20H2,1H3. The predicted octanol–water partition coefficient (Wildman–Crippen LogP) is 5.85. The van der Waals surface area contributed by atoms with Crippen LogP contribution in [-0.4, -0.2) is 36.5 Å². The van der Waals surface area contributed by atoms with E-state index in [1.54, 1.807) is 18.8 Å². The fraction of sp³-hybridized carbons (Fsp3) is 0.483. The number of nitrogens with zero attached hydrogens (tertiary/aromatic N) is 2. The Bertz CT molecular complexity index is 1000. The molecule has 34 heavy (non-hydrogen) atoms. The Balaban J connectivity index is 1.42. The van der Waals surface area contributed by atoms with Gasteiger partial charge in [0.15, 0.2) is 5.76 Å². The smallest absolute Gasteiger partial charge is 0.230 e. The highest BCUT2D eigenvalue weighted by molar-refractivity contribution is 5.97. The molecule has 0 radical (unpaired) electrons. The summed E-state index contributed by atoms with van der Waals surface area (Å²) >= 11 is 0. The predicted molar refractivity (Wildman–Crippen MR) is 135 cm³/mol. The van der Waals surface area contributed by atoms with Gasteiger partial charge in [0, 0.05) is 24.2 Å². The van der Waals surface area contributed by atoms with E-state index < -0.39 is 0 Å². The van der Waals surface area contributed by atoms with Crippen LogP contribution in [0.15, 0.2) is 72.6 Å². The maximum atomic E-state index is 13.9. The Labute approximate surface area is 203 Å². The van der Waals surface area contributed by atoms with Crippen molar-refractivity contribution in [3.8, 4) is 0 Å². The van der Waals surface area contributed by atoms with Crippen LogP contribution in [0, 0.1) is 5.92 Å². The van der Waals surface area contributed by atoms with Crippen LogP contribution in [0.2, 0.25) is 0 Å². The molecule has 5 heteroatoms. The summed E-state index contributed by atoms with van der Waals surface area (Å²) in [5.74, 6) is 1.27. The number of amides is 1. The molecule has 4 aliphatic rings. The maximum absolute atomic E-state index is 13.9. The van der Waals surface area contributed by atoms with E-state index in [4.69, 9.17) is 9.47 Å². The van der Waals surface area contributed by atoms with Gasteiger partial charge in [0.25, 0.3) is 0 Å². The van der Waals surface area contributed by atoms with Gasteiger partial charge in [0.05, 0.1) is 6.04 Å². The third-order valence-electron chi connectivity index (χ3n) is 7.68. The van der Waals surface area contributed by atoms with E-state index in [0.29, 0.717) is 5.91 Å². The number of para-hydroxylation sites is 1. The topological polar surface area (TPSA) is 42.0 Å². The maximum Gasteiger partial charge on any atom is 0.230 e. The Hall–Kier alpha value is -2.79. The van der Waals surface area contributed by atoms with Gasteiger partial charge >= 0.3 is 0 Å². The van der Waals surface area contributed by atoms with E-state index in [1.165, 1.54) is 30.4 Å². The highest BCUT2D eigenvalue weighted by Gasteiger charge is 2.37. The normalized spacial score (nSPS) is 23.5. The first-order valence-electron chi connectivity index (χ1n) is 12.9. The lowest BCUT2D eigenvalue weighted by atomic mass is 9.86. The number of rotatable bonds is 6. The SMILES string of the molecule is CN(CC1CCc2ccccc2N1C(=O)C1CCCCC1)C(C1=CC=CCC1)C1=COC=CO1. The summed E-state index contributed by atoms with van der Waals surface area (Å²) in [6, 6.07) is 8.60. The summed E-state index contributed by atoms with van der Waals surface area (Å²) in [4.78, 5) is 18.4. The fourth-order valence-corrected chi connectivity index (χ4v) is 5.99. The lowest BCUT2D eigenvalue weighted by Gasteiger charge is -2.43. The molecule has 0 saturated heterocycles. The van der Waals surface area contributed by atoms with E-state index in [2.05, 4.69) is 59.3 Å². The molecule has 0 N–H and O–H groups in total. The van der Waals surface area contributed by atoms with E-state index in [1.807, 2.05) is 0 Å². The largest absolute Gasteiger partial charge is 0.466 e. The molecule has 0 aromatic heterocycles. The van der Waals surface area contributed by atoms with Crippen molar-refractivity contribution in [1.82, 2.24) is 4.90 Å². The van der Waals surface area contributed by atoms with Crippen molar-refractivity contribution in [1.29, 1.82) is 0 Å². The second-order valence-corrected chi connectivity index (χ2v) is 9.96. The molecular weight excluding hydrogens is 424 g/mol. The number of ether oxygens (including phenoxy) is 2. The van der Waals surface area contributed by atoms with Gasteiger partial charge in [0.1, 0.15) is 18.8 Å². The highest BCUT2D eigenvalue weighted by atomic mass is 16.5. The third kappa shape index (κ3) is 4.85. The van der Waals surface area contributed by atoms with Crippen LogP contribution in [0.4, 0.5) is 5.69 Å². The summed E-state index contributed by atoms with van der Waals surface area (Å²) in [7, 11) is 2.15. The zero-order chi connectivity index (χ0) is 23.3. The summed E-state index contributed by atoms with van der Waals surface area (Å²) < 4.78 is 11.4. The molecule has 2 atom stereocenters. The van der Waals surface area contributed by atoms with Crippen LogP contribution in [0.3, 0.4) is 0 Å². The average molecular weight is 461 g/mol. The lowest BCUT2D eigenvalue weighted by Crippen LogP contribution is -2.53. The Morgan fingerprint density at radius 3 is 2.74 bits per heavy atom. The number of carbonyl (C=O) groups excluding carboxylic acids is 1. The number of likely N-dealkylation sites (N-methyl/N-ethyl adjacent to an activating group) is 1. The van der Waals surface area contributed by atoms with Gasteiger partial charge in [-0.05, 0) is 62.8 Å². The van der Waals surface area contributed by atoms with Gasteiger partial charge in [-0.2, -0.15) is 0 Å². The quantitative estimate of drug-likeness (QED) is 0.534. The van der Waals surface area contributed by atoms with Crippen molar-refractivity contribution in [3.63, 3.8) is 0 Å². The second kappa shape index (κ2) is 10.6. The molecular formula is C29H36N2O3. The van der Waals surface area contributed by atoms with Gasteiger partial charge in [-0.3, -0.25) is 9.69 Å². The van der Waals surface area contributed by atoms with Crippen molar-refractivity contribution in [2.75, 3.05) is 18.5 Å². The number of fused-ring (bicyclic) bond motifs is 1. The van der Waals surface area contributed by atoms with Crippen LogP contribution in [0.1, 0.15) is 56.9 Å². The molecule has 0 spiro atoms. The zero-order valence-electron chi connectivity index (χ0n) is 20.2. The molecule has 5 rings (SSSR count). The van der Waals surface area contributed by atoms with Crippen molar-refractivity contribution < 1.29 is 14.3 Å². The van der Waals surface area contributed by atoms with Crippen molar-refractivity contribution in [3.05, 3.63) is 78.2 Å². The lowest BCUT2D eigenvalue weighted by molar-refractivity contribution is -0.124. The number of hydrogen-bond acceptors (Lipinski definition) is 4. The van der Waals surface area contributed by atoms with Crippen LogP contribution < -0.4 is 4.90 Å². The molecule has 1 amide bonds. The summed E-state index contributed by atoms with van der Waals surface area (Å²) in [6.45, 7) is 0.781. The van der Waals surface area contributed by atoms with E-state index >= 15 is 0 Å². The molecule has 1 aromatic carbocycles. The minimum atomic E-state index is -0.0151. The molecule has 0 bridgehead atoms. The number of carbonyl (C=O) groups is 1. The molecule has 2 aliphatic carbocycles. The van der Waals surface area contributed by atoms with E-state index in [0.717, 1.165) is 56.5 Å². The summed E-state index contributed by atoms with van der Waals surface area (Å²) in [5.41, 5.74) is 3.72. The van der Waals surface area contributed by atoms with Gasteiger partial charge in [-0.15, -0.1) is 0 Å². The number of benzene rings is 1.